The van der Waals surface area contributed by atoms with Gasteiger partial charge in [-0.05, 0) is 86.3 Å². The molecule has 4 aliphatic rings. The summed E-state index contributed by atoms with van der Waals surface area (Å²) >= 11 is 0. The van der Waals surface area contributed by atoms with Gasteiger partial charge in [0, 0.05) is 25.4 Å². The molecule has 4 aliphatic carbocycles. The van der Waals surface area contributed by atoms with Crippen molar-refractivity contribution in [3.8, 4) is 0 Å². The number of benzene rings is 1. The van der Waals surface area contributed by atoms with Crippen LogP contribution in [0.3, 0.4) is 0 Å². The van der Waals surface area contributed by atoms with Crippen molar-refractivity contribution in [2.45, 2.75) is 90.1 Å². The second kappa shape index (κ2) is 8.25. The van der Waals surface area contributed by atoms with Crippen molar-refractivity contribution in [2.24, 2.45) is 28.6 Å². The van der Waals surface area contributed by atoms with Crippen LogP contribution in [0, 0.1) is 34.4 Å². The Bertz CT molecular complexity index is 988. The topological polar surface area (TPSA) is 55.8 Å². The number of aliphatic hydroxyl groups is 1. The van der Waals surface area contributed by atoms with Crippen LogP contribution >= 0.6 is 0 Å². The molecule has 0 amide bonds. The Morgan fingerprint density at radius 1 is 1.09 bits per heavy atom. The van der Waals surface area contributed by atoms with Gasteiger partial charge in [-0.1, -0.05) is 37.6 Å². The van der Waals surface area contributed by atoms with Crippen molar-refractivity contribution in [3.63, 3.8) is 0 Å². The SMILES string of the molecule is CO[C@]1(C(C)=O)CC[C@H]2[C@@H]3CC=C4C[C@](O)(OCc5ccc(F)cc5)CC[C@]4(C)[C@H]3CC[C@@]21C. The molecule has 0 radical (unpaired) electrons. The third kappa shape index (κ3) is 3.45. The van der Waals surface area contributed by atoms with Gasteiger partial charge in [-0.3, -0.25) is 4.79 Å². The molecule has 0 unspecified atom stereocenters. The predicted molar refractivity (Wildman–Crippen MR) is 128 cm³/mol. The van der Waals surface area contributed by atoms with Gasteiger partial charge in [0.05, 0.1) is 6.61 Å². The largest absolute Gasteiger partial charge is 0.370 e. The van der Waals surface area contributed by atoms with Crippen LogP contribution in [0.5, 0.6) is 0 Å². The highest BCUT2D eigenvalue weighted by molar-refractivity contribution is 5.86. The monoisotopic (exact) mass is 470 g/mol. The van der Waals surface area contributed by atoms with E-state index in [4.69, 9.17) is 9.47 Å². The quantitative estimate of drug-likeness (QED) is 0.426. The number of Topliss-reactive ketones (excluding diaryl/α,β-unsaturated/α-hetero) is 1. The van der Waals surface area contributed by atoms with E-state index >= 15 is 0 Å². The number of hydrogen-bond acceptors (Lipinski definition) is 4. The first-order valence-corrected chi connectivity index (χ1v) is 12.9. The van der Waals surface area contributed by atoms with Crippen molar-refractivity contribution in [2.75, 3.05) is 7.11 Å². The minimum Gasteiger partial charge on any atom is -0.370 e. The summed E-state index contributed by atoms with van der Waals surface area (Å²) in [5, 5.41) is 11.3. The lowest BCUT2D eigenvalue weighted by Gasteiger charge is -2.59. The molecular formula is C29H39FO4. The maximum Gasteiger partial charge on any atom is 0.169 e. The van der Waals surface area contributed by atoms with Gasteiger partial charge < -0.3 is 14.6 Å². The van der Waals surface area contributed by atoms with Gasteiger partial charge in [-0.25, -0.2) is 4.39 Å². The highest BCUT2D eigenvalue weighted by atomic mass is 19.1. The van der Waals surface area contributed by atoms with E-state index in [2.05, 4.69) is 19.9 Å². The zero-order valence-electron chi connectivity index (χ0n) is 21.0. The lowest BCUT2D eigenvalue weighted by atomic mass is 9.46. The van der Waals surface area contributed by atoms with Crippen LogP contribution < -0.4 is 0 Å². The van der Waals surface area contributed by atoms with E-state index in [-0.39, 0.29) is 29.0 Å². The van der Waals surface area contributed by atoms with Gasteiger partial charge in [-0.2, -0.15) is 0 Å². The van der Waals surface area contributed by atoms with Crippen molar-refractivity contribution >= 4 is 5.78 Å². The lowest BCUT2D eigenvalue weighted by molar-refractivity contribution is -0.232. The number of hydrogen-bond donors (Lipinski definition) is 1. The van der Waals surface area contributed by atoms with Crippen LogP contribution in [0.25, 0.3) is 0 Å². The van der Waals surface area contributed by atoms with Gasteiger partial charge in [0.1, 0.15) is 11.4 Å². The second-order valence-corrected chi connectivity index (χ2v) is 11.9. The van der Waals surface area contributed by atoms with Gasteiger partial charge in [0.25, 0.3) is 0 Å². The summed E-state index contributed by atoms with van der Waals surface area (Å²) in [4.78, 5) is 12.8. The molecule has 0 heterocycles. The zero-order chi connectivity index (χ0) is 24.4. The summed E-state index contributed by atoms with van der Waals surface area (Å²) < 4.78 is 25.2. The van der Waals surface area contributed by atoms with Crippen molar-refractivity contribution < 1.29 is 23.8 Å². The average Bonchev–Trinajstić information content (AvgIpc) is 3.13. The average molecular weight is 471 g/mol. The van der Waals surface area contributed by atoms with Gasteiger partial charge in [0.15, 0.2) is 11.6 Å². The Balaban J connectivity index is 1.35. The molecule has 34 heavy (non-hydrogen) atoms. The van der Waals surface area contributed by atoms with Gasteiger partial charge in [0.2, 0.25) is 0 Å². The fraction of sp³-hybridized carbons (Fsp3) is 0.690. The number of rotatable bonds is 5. The predicted octanol–water partition coefficient (Wildman–Crippen LogP) is 5.97. The number of halogens is 1. The Kier molecular flexibility index (Phi) is 5.86. The molecule has 3 fully saturated rings. The fourth-order valence-electron chi connectivity index (χ4n) is 8.59. The van der Waals surface area contributed by atoms with E-state index in [1.54, 1.807) is 26.2 Å². The molecule has 3 saturated carbocycles. The summed E-state index contributed by atoms with van der Waals surface area (Å²) in [5.74, 6) is 0.331. The first kappa shape index (κ1) is 24.1. The third-order valence-electron chi connectivity index (χ3n) is 10.6. The molecule has 5 rings (SSSR count). The molecule has 186 valence electrons. The van der Waals surface area contributed by atoms with E-state index in [1.807, 2.05) is 0 Å². The molecule has 1 aromatic rings. The van der Waals surface area contributed by atoms with Gasteiger partial charge in [-0.15, -0.1) is 0 Å². The van der Waals surface area contributed by atoms with E-state index < -0.39 is 11.4 Å². The molecule has 0 saturated heterocycles. The summed E-state index contributed by atoms with van der Waals surface area (Å²) in [7, 11) is 1.72. The van der Waals surface area contributed by atoms with Gasteiger partial charge >= 0.3 is 0 Å². The maximum atomic E-state index is 13.2. The zero-order valence-corrected chi connectivity index (χ0v) is 21.0. The number of fused-ring (bicyclic) bond motifs is 5. The normalized spacial score (nSPS) is 43.5. The minimum absolute atomic E-state index is 0.0598. The summed E-state index contributed by atoms with van der Waals surface area (Å²) in [6, 6.07) is 6.26. The molecule has 0 aromatic heterocycles. The van der Waals surface area contributed by atoms with Crippen LogP contribution in [0.15, 0.2) is 35.9 Å². The number of methoxy groups -OCH3 is 1. The smallest absolute Gasteiger partial charge is 0.169 e. The third-order valence-corrected chi connectivity index (χ3v) is 10.6. The van der Waals surface area contributed by atoms with E-state index in [9.17, 15) is 14.3 Å². The molecule has 5 heteroatoms. The number of carbonyl (C=O) groups is 1. The number of ketones is 1. The number of ether oxygens (including phenoxy) is 2. The molecule has 0 bridgehead atoms. The molecule has 0 aliphatic heterocycles. The van der Waals surface area contributed by atoms with Crippen LogP contribution in [-0.2, 0) is 20.9 Å². The summed E-state index contributed by atoms with van der Waals surface area (Å²) in [6.45, 7) is 6.67. The Morgan fingerprint density at radius 2 is 1.79 bits per heavy atom. The lowest BCUT2D eigenvalue weighted by Crippen LogP contribution is -2.58. The molecule has 0 spiro atoms. The van der Waals surface area contributed by atoms with Crippen molar-refractivity contribution in [3.05, 3.63) is 47.3 Å². The van der Waals surface area contributed by atoms with E-state index in [0.29, 0.717) is 30.6 Å². The van der Waals surface area contributed by atoms with Crippen molar-refractivity contribution in [1.29, 1.82) is 0 Å². The standard InChI is InChI=1S/C29H39FO4/c1-19(31)29(33-4)14-12-25-23-10-7-21-17-28(32,34-18-20-5-8-22(30)9-6-20)16-15-26(21,2)24(23)11-13-27(25,29)3/h5-9,23-25,32H,10-18H2,1-4H3/t23-,24+,25+,26+,27+,28-,29+/m1/s1. The molecule has 1 N–H and O–H groups in total. The van der Waals surface area contributed by atoms with Crippen LogP contribution in [0.2, 0.25) is 0 Å². The highest BCUT2D eigenvalue weighted by Crippen LogP contribution is 2.68. The summed E-state index contributed by atoms with van der Waals surface area (Å²) in [5.41, 5.74) is 1.50. The minimum atomic E-state index is -1.18. The molecule has 7 atom stereocenters. The Morgan fingerprint density at radius 3 is 2.47 bits per heavy atom. The van der Waals surface area contributed by atoms with Crippen LogP contribution in [0.4, 0.5) is 4.39 Å². The van der Waals surface area contributed by atoms with E-state index in [0.717, 1.165) is 44.1 Å². The number of allylic oxidation sites excluding steroid dienone is 1. The molecule has 4 nitrogen and oxygen atoms in total. The van der Waals surface area contributed by atoms with Crippen molar-refractivity contribution in [1.82, 2.24) is 0 Å². The summed E-state index contributed by atoms with van der Waals surface area (Å²) in [6.07, 6.45) is 9.39. The second-order valence-electron chi connectivity index (χ2n) is 11.9. The van der Waals surface area contributed by atoms with E-state index in [1.165, 1.54) is 17.7 Å². The Hall–Kier alpha value is -1.56. The molecule has 1 aromatic carbocycles. The van der Waals surface area contributed by atoms with Crippen LogP contribution in [0.1, 0.15) is 77.7 Å². The Labute approximate surface area is 202 Å². The molecular weight excluding hydrogens is 431 g/mol. The fourth-order valence-corrected chi connectivity index (χ4v) is 8.59. The first-order chi connectivity index (χ1) is 16.1. The maximum absolute atomic E-state index is 13.2. The highest BCUT2D eigenvalue weighted by Gasteiger charge is 2.66. The first-order valence-electron chi connectivity index (χ1n) is 12.9. The van der Waals surface area contributed by atoms with Crippen LogP contribution in [-0.4, -0.2) is 29.4 Å². The number of carbonyl (C=O) groups excluding carboxylic acids is 1.